The normalized spacial score (nSPS) is 22.3. The van der Waals surface area contributed by atoms with Crippen LogP contribution in [0.3, 0.4) is 0 Å². The topological polar surface area (TPSA) is 78.4 Å². The second-order valence-electron chi connectivity index (χ2n) is 5.29. The van der Waals surface area contributed by atoms with Gasteiger partial charge in [0, 0.05) is 18.8 Å². The first-order valence-corrected chi connectivity index (χ1v) is 8.51. The third-order valence-corrected chi connectivity index (χ3v) is 4.99. The van der Waals surface area contributed by atoms with Crippen molar-refractivity contribution in [1.82, 2.24) is 4.72 Å². The third kappa shape index (κ3) is 3.94. The van der Waals surface area contributed by atoms with E-state index in [2.05, 4.69) is 10.0 Å². The Balaban J connectivity index is 1.89. The van der Waals surface area contributed by atoms with Crippen LogP contribution >= 0.6 is 0 Å². The van der Waals surface area contributed by atoms with E-state index >= 15 is 0 Å². The first-order chi connectivity index (χ1) is 9.51. The molecule has 0 spiro atoms. The number of rotatable bonds is 7. The molecular weight excluding hydrogens is 276 g/mol. The molecule has 0 aromatic heterocycles. The van der Waals surface area contributed by atoms with E-state index in [-0.39, 0.29) is 11.0 Å². The van der Waals surface area contributed by atoms with E-state index in [4.69, 9.17) is 0 Å². The molecule has 0 amide bonds. The molecule has 0 unspecified atom stereocenters. The van der Waals surface area contributed by atoms with Gasteiger partial charge in [-0.3, -0.25) is 0 Å². The second kappa shape index (κ2) is 6.56. The molecule has 0 bridgehead atoms. The van der Waals surface area contributed by atoms with Crippen molar-refractivity contribution in [1.29, 1.82) is 0 Å². The highest BCUT2D eigenvalue weighted by Gasteiger charge is 2.26. The van der Waals surface area contributed by atoms with Crippen molar-refractivity contribution in [2.75, 3.05) is 18.4 Å². The summed E-state index contributed by atoms with van der Waals surface area (Å²) in [5, 5.41) is 12.5. The van der Waals surface area contributed by atoms with E-state index in [1.165, 1.54) is 0 Å². The largest absolute Gasteiger partial charge is 0.393 e. The molecule has 0 aliphatic heterocycles. The van der Waals surface area contributed by atoms with Crippen LogP contribution in [0, 0.1) is 5.92 Å². The lowest BCUT2D eigenvalue weighted by atomic mass is 9.82. The Morgan fingerprint density at radius 2 is 1.90 bits per heavy atom. The Morgan fingerprint density at radius 1 is 1.25 bits per heavy atom. The van der Waals surface area contributed by atoms with E-state index in [0.29, 0.717) is 12.5 Å². The molecule has 1 aromatic rings. The minimum atomic E-state index is -3.38. The van der Waals surface area contributed by atoms with E-state index in [1.54, 1.807) is 24.3 Å². The number of aliphatic hydroxyl groups is 1. The van der Waals surface area contributed by atoms with Crippen LogP contribution in [0.1, 0.15) is 26.2 Å². The molecule has 20 heavy (non-hydrogen) atoms. The van der Waals surface area contributed by atoms with Crippen molar-refractivity contribution in [2.24, 2.45) is 5.92 Å². The molecule has 0 heterocycles. The summed E-state index contributed by atoms with van der Waals surface area (Å²) in [6.07, 6.45) is 2.33. The van der Waals surface area contributed by atoms with Gasteiger partial charge in [0.15, 0.2) is 0 Å². The zero-order valence-electron chi connectivity index (χ0n) is 11.7. The maximum atomic E-state index is 11.9. The molecule has 5 nitrogen and oxygen atoms in total. The molecule has 1 fully saturated rings. The fourth-order valence-electron chi connectivity index (χ4n) is 2.20. The first kappa shape index (κ1) is 15.3. The van der Waals surface area contributed by atoms with Crippen LogP contribution in [0.25, 0.3) is 0 Å². The molecule has 6 heteroatoms. The average molecular weight is 298 g/mol. The summed E-state index contributed by atoms with van der Waals surface area (Å²) in [7, 11) is -3.38. The van der Waals surface area contributed by atoms with E-state index in [0.717, 1.165) is 31.5 Å². The number of nitrogens with one attached hydrogen (secondary N) is 2. The zero-order valence-corrected chi connectivity index (χ0v) is 12.5. The average Bonchev–Trinajstić information content (AvgIpc) is 2.40. The molecule has 112 valence electrons. The highest BCUT2D eigenvalue weighted by molar-refractivity contribution is 7.89. The predicted molar refractivity (Wildman–Crippen MR) is 79.1 cm³/mol. The van der Waals surface area contributed by atoms with Gasteiger partial charge in [0.25, 0.3) is 0 Å². The number of benzene rings is 1. The molecule has 2 rings (SSSR count). The van der Waals surface area contributed by atoms with Gasteiger partial charge in [0.05, 0.1) is 11.0 Å². The zero-order chi connectivity index (χ0) is 14.6. The smallest absolute Gasteiger partial charge is 0.240 e. The van der Waals surface area contributed by atoms with Crippen molar-refractivity contribution >= 4 is 15.7 Å². The molecule has 0 saturated heterocycles. The molecule has 1 aliphatic carbocycles. The fourth-order valence-corrected chi connectivity index (χ4v) is 3.33. The molecule has 3 N–H and O–H groups in total. The summed E-state index contributed by atoms with van der Waals surface area (Å²) in [6, 6.07) is 6.76. The number of aliphatic hydroxyl groups excluding tert-OH is 1. The van der Waals surface area contributed by atoms with E-state index < -0.39 is 10.0 Å². The lowest BCUT2D eigenvalue weighted by Gasteiger charge is -2.31. The SMILES string of the molecule is CCCNS(=O)(=O)c1ccc(NCC2CC(O)C2)cc1. The summed E-state index contributed by atoms with van der Waals surface area (Å²) >= 11 is 0. The minimum absolute atomic E-state index is 0.140. The Labute approximate surface area is 120 Å². The number of sulfonamides is 1. The first-order valence-electron chi connectivity index (χ1n) is 7.03. The molecule has 0 radical (unpaired) electrons. The van der Waals surface area contributed by atoms with Crippen molar-refractivity contribution in [3.05, 3.63) is 24.3 Å². The Kier molecular flexibility index (Phi) is 5.01. The fraction of sp³-hybridized carbons (Fsp3) is 0.571. The molecule has 0 atom stereocenters. The van der Waals surface area contributed by atoms with Crippen LogP contribution in [0.5, 0.6) is 0 Å². The quantitative estimate of drug-likeness (QED) is 0.714. The lowest BCUT2D eigenvalue weighted by molar-refractivity contribution is 0.0487. The highest BCUT2D eigenvalue weighted by atomic mass is 32.2. The Morgan fingerprint density at radius 3 is 2.45 bits per heavy atom. The summed E-state index contributed by atoms with van der Waals surface area (Å²) < 4.78 is 26.3. The maximum absolute atomic E-state index is 11.9. The molecule has 1 saturated carbocycles. The van der Waals surface area contributed by atoms with Crippen LogP contribution in [0.15, 0.2) is 29.2 Å². The van der Waals surface area contributed by atoms with Gasteiger partial charge in [-0.15, -0.1) is 0 Å². The summed E-state index contributed by atoms with van der Waals surface area (Å²) in [5.41, 5.74) is 0.904. The summed E-state index contributed by atoms with van der Waals surface area (Å²) in [4.78, 5) is 0.288. The Bertz CT molecular complexity index is 522. The standard InChI is InChI=1S/C14H22N2O3S/c1-2-7-16-20(18,19)14-5-3-12(4-6-14)15-10-11-8-13(17)9-11/h3-6,11,13,15-17H,2,7-10H2,1H3. The van der Waals surface area contributed by atoms with E-state index in [9.17, 15) is 13.5 Å². The van der Waals surface area contributed by atoms with Crippen molar-refractivity contribution < 1.29 is 13.5 Å². The van der Waals surface area contributed by atoms with Gasteiger partial charge in [-0.25, -0.2) is 13.1 Å². The monoisotopic (exact) mass is 298 g/mol. The van der Waals surface area contributed by atoms with E-state index in [1.807, 2.05) is 6.92 Å². The van der Waals surface area contributed by atoms with Gasteiger partial charge in [-0.2, -0.15) is 0 Å². The lowest BCUT2D eigenvalue weighted by Crippen LogP contribution is -2.33. The summed E-state index contributed by atoms with van der Waals surface area (Å²) in [5.74, 6) is 0.514. The number of anilines is 1. The second-order valence-corrected chi connectivity index (χ2v) is 7.06. The van der Waals surface area contributed by atoms with Gasteiger partial charge in [0.2, 0.25) is 10.0 Å². The van der Waals surface area contributed by atoms with Crippen LogP contribution in [0.4, 0.5) is 5.69 Å². The molecular formula is C14H22N2O3S. The third-order valence-electron chi connectivity index (χ3n) is 3.51. The van der Waals surface area contributed by atoms with Crippen LogP contribution in [-0.4, -0.2) is 32.7 Å². The number of hydrogen-bond acceptors (Lipinski definition) is 4. The van der Waals surface area contributed by atoms with Crippen molar-refractivity contribution in [3.8, 4) is 0 Å². The predicted octanol–water partition coefficient (Wildman–Crippen LogP) is 1.56. The highest BCUT2D eigenvalue weighted by Crippen LogP contribution is 2.27. The van der Waals surface area contributed by atoms with Crippen LogP contribution in [-0.2, 0) is 10.0 Å². The van der Waals surface area contributed by atoms with Gasteiger partial charge >= 0.3 is 0 Å². The molecule has 1 aliphatic rings. The van der Waals surface area contributed by atoms with Gasteiger partial charge in [-0.05, 0) is 49.4 Å². The molecule has 1 aromatic carbocycles. The van der Waals surface area contributed by atoms with Gasteiger partial charge in [-0.1, -0.05) is 6.92 Å². The van der Waals surface area contributed by atoms with Crippen LogP contribution < -0.4 is 10.0 Å². The van der Waals surface area contributed by atoms with Gasteiger partial charge < -0.3 is 10.4 Å². The summed E-state index contributed by atoms with van der Waals surface area (Å²) in [6.45, 7) is 3.19. The van der Waals surface area contributed by atoms with Crippen molar-refractivity contribution in [3.63, 3.8) is 0 Å². The number of hydrogen-bond donors (Lipinski definition) is 3. The van der Waals surface area contributed by atoms with Gasteiger partial charge in [0.1, 0.15) is 0 Å². The maximum Gasteiger partial charge on any atom is 0.240 e. The Hall–Kier alpha value is -1.11. The van der Waals surface area contributed by atoms with Crippen molar-refractivity contribution in [2.45, 2.75) is 37.2 Å². The minimum Gasteiger partial charge on any atom is -0.393 e. The van der Waals surface area contributed by atoms with Crippen LogP contribution in [0.2, 0.25) is 0 Å².